The topological polar surface area (TPSA) is 128 Å². The Kier molecular flexibility index (Phi) is 5.77. The molecule has 1 saturated carbocycles. The summed E-state index contributed by atoms with van der Waals surface area (Å²) in [6, 6.07) is 13.2. The lowest BCUT2D eigenvalue weighted by atomic mass is 9.83. The number of hydrogen-bond acceptors (Lipinski definition) is 6. The van der Waals surface area contributed by atoms with Crippen LogP contribution < -0.4 is 10.2 Å². The molecule has 36 heavy (non-hydrogen) atoms. The number of amides is 2. The van der Waals surface area contributed by atoms with Crippen molar-refractivity contribution in [1.82, 2.24) is 14.8 Å². The predicted octanol–water partition coefficient (Wildman–Crippen LogP) is 3.50. The first kappa shape index (κ1) is 23.3. The Morgan fingerprint density at radius 2 is 2.00 bits per heavy atom. The molecule has 9 heteroatoms. The van der Waals surface area contributed by atoms with Gasteiger partial charge in [0.1, 0.15) is 11.2 Å². The molecular weight excluding hydrogens is 454 g/mol. The van der Waals surface area contributed by atoms with E-state index in [1.54, 1.807) is 47.0 Å². The van der Waals surface area contributed by atoms with Crippen molar-refractivity contribution in [3.63, 3.8) is 0 Å². The molecule has 1 aliphatic heterocycles. The van der Waals surface area contributed by atoms with Crippen LogP contribution in [0.5, 0.6) is 0 Å². The largest absolute Gasteiger partial charge is 0.311 e. The van der Waals surface area contributed by atoms with Gasteiger partial charge in [-0.15, -0.1) is 0 Å². The van der Waals surface area contributed by atoms with E-state index in [4.69, 9.17) is 0 Å². The van der Waals surface area contributed by atoms with Crippen LogP contribution in [-0.4, -0.2) is 33.1 Å². The molecule has 2 fully saturated rings. The van der Waals surface area contributed by atoms with Crippen molar-refractivity contribution < 1.29 is 9.59 Å². The summed E-state index contributed by atoms with van der Waals surface area (Å²) in [4.78, 5) is 32.2. The second-order valence-electron chi connectivity index (χ2n) is 9.57. The van der Waals surface area contributed by atoms with E-state index in [2.05, 4.69) is 27.5 Å². The first-order valence-corrected chi connectivity index (χ1v) is 11.9. The Bertz CT molecular complexity index is 1460. The Labute approximate surface area is 209 Å². The van der Waals surface area contributed by atoms with E-state index < -0.39 is 5.41 Å². The molecule has 9 nitrogen and oxygen atoms in total. The number of nitrogens with zero attached hydrogens (tertiary/aromatic N) is 6. The van der Waals surface area contributed by atoms with Gasteiger partial charge in [-0.3, -0.25) is 14.3 Å². The fourth-order valence-electron chi connectivity index (χ4n) is 4.97. The maximum absolute atomic E-state index is 13.2. The van der Waals surface area contributed by atoms with Gasteiger partial charge in [0.25, 0.3) is 0 Å². The smallest absolute Gasteiger partial charge is 0.247 e. The fourth-order valence-corrected chi connectivity index (χ4v) is 4.97. The van der Waals surface area contributed by atoms with Crippen LogP contribution in [0.25, 0.3) is 11.1 Å². The molecular formula is C27H25N7O2. The number of aromatic nitrogens is 3. The highest BCUT2D eigenvalue weighted by atomic mass is 16.2. The van der Waals surface area contributed by atoms with E-state index >= 15 is 0 Å². The van der Waals surface area contributed by atoms with Crippen LogP contribution in [-0.2, 0) is 23.1 Å². The first-order valence-electron chi connectivity index (χ1n) is 11.9. The Morgan fingerprint density at radius 1 is 1.19 bits per heavy atom. The SMILES string of the molecule is Cc1cc(N2CC[C@@](C#N)(C3CC3)C2=O)cc(NC(=O)Cc2cc(C#N)cc(-c3cnn(C)c3)c2)n1. The number of anilines is 2. The normalized spacial score (nSPS) is 19.1. The molecule has 1 aliphatic carbocycles. The van der Waals surface area contributed by atoms with E-state index in [0.717, 1.165) is 24.0 Å². The molecule has 180 valence electrons. The molecule has 1 N–H and O–H groups in total. The zero-order chi connectivity index (χ0) is 25.4. The molecule has 0 radical (unpaired) electrons. The third-order valence-corrected chi connectivity index (χ3v) is 6.87. The lowest BCUT2D eigenvalue weighted by Gasteiger charge is -2.21. The average molecular weight is 480 g/mol. The monoisotopic (exact) mass is 479 g/mol. The molecule has 1 aromatic carbocycles. The van der Waals surface area contributed by atoms with Crippen molar-refractivity contribution in [2.45, 2.75) is 32.6 Å². The van der Waals surface area contributed by atoms with Crippen LogP contribution in [0.15, 0.2) is 42.7 Å². The highest BCUT2D eigenvalue weighted by Gasteiger charge is 2.56. The number of nitrogens with one attached hydrogen (secondary N) is 1. The van der Waals surface area contributed by atoms with Gasteiger partial charge in [-0.05, 0) is 61.4 Å². The number of nitriles is 2. The third-order valence-electron chi connectivity index (χ3n) is 6.87. The van der Waals surface area contributed by atoms with E-state index in [-0.39, 0.29) is 24.2 Å². The van der Waals surface area contributed by atoms with Crippen LogP contribution in [0.2, 0.25) is 0 Å². The minimum atomic E-state index is -0.932. The van der Waals surface area contributed by atoms with E-state index in [1.165, 1.54) is 0 Å². The summed E-state index contributed by atoms with van der Waals surface area (Å²) in [5.74, 6) is 0.0328. The average Bonchev–Trinajstić information content (AvgIpc) is 3.52. The van der Waals surface area contributed by atoms with Crippen molar-refractivity contribution in [3.8, 4) is 23.3 Å². The summed E-state index contributed by atoms with van der Waals surface area (Å²) in [6.45, 7) is 2.27. The fraction of sp³-hybridized carbons (Fsp3) is 0.333. The van der Waals surface area contributed by atoms with Crippen molar-refractivity contribution in [3.05, 3.63) is 59.5 Å². The summed E-state index contributed by atoms with van der Waals surface area (Å²) < 4.78 is 1.68. The van der Waals surface area contributed by atoms with Crippen LogP contribution >= 0.6 is 0 Å². The van der Waals surface area contributed by atoms with Gasteiger partial charge in [0.2, 0.25) is 11.8 Å². The second-order valence-corrected chi connectivity index (χ2v) is 9.57. The summed E-state index contributed by atoms with van der Waals surface area (Å²) in [5, 5.41) is 26.2. The molecule has 3 heterocycles. The van der Waals surface area contributed by atoms with Crippen molar-refractivity contribution >= 4 is 23.3 Å². The Balaban J connectivity index is 1.34. The van der Waals surface area contributed by atoms with Crippen molar-refractivity contribution in [2.75, 3.05) is 16.8 Å². The molecule has 1 saturated heterocycles. The summed E-state index contributed by atoms with van der Waals surface area (Å²) in [7, 11) is 1.82. The predicted molar refractivity (Wildman–Crippen MR) is 132 cm³/mol. The Hall–Kier alpha value is -4.50. The van der Waals surface area contributed by atoms with Gasteiger partial charge < -0.3 is 10.2 Å². The number of rotatable bonds is 6. The maximum atomic E-state index is 13.2. The molecule has 2 amide bonds. The number of carbonyl (C=O) groups is 2. The minimum absolute atomic E-state index is 0.0512. The van der Waals surface area contributed by atoms with Gasteiger partial charge in [-0.1, -0.05) is 6.07 Å². The highest BCUT2D eigenvalue weighted by molar-refractivity contribution is 6.02. The quantitative estimate of drug-likeness (QED) is 0.576. The number of carbonyl (C=O) groups excluding carboxylic acids is 2. The van der Waals surface area contributed by atoms with Gasteiger partial charge in [0, 0.05) is 42.8 Å². The Morgan fingerprint density at radius 3 is 2.67 bits per heavy atom. The highest BCUT2D eigenvalue weighted by Crippen LogP contribution is 2.52. The molecule has 1 atom stereocenters. The first-order chi connectivity index (χ1) is 17.3. The van der Waals surface area contributed by atoms with Crippen molar-refractivity contribution in [2.24, 2.45) is 18.4 Å². The molecule has 0 bridgehead atoms. The maximum Gasteiger partial charge on any atom is 0.247 e. The number of aryl methyl sites for hydroxylation is 2. The van der Waals surface area contributed by atoms with Crippen LogP contribution in [0, 0.1) is 40.9 Å². The summed E-state index contributed by atoms with van der Waals surface area (Å²) >= 11 is 0. The van der Waals surface area contributed by atoms with E-state index in [0.29, 0.717) is 41.3 Å². The third kappa shape index (κ3) is 4.32. The molecule has 0 unspecified atom stereocenters. The second kappa shape index (κ2) is 8.94. The zero-order valence-electron chi connectivity index (χ0n) is 20.2. The van der Waals surface area contributed by atoms with Crippen LogP contribution in [0.3, 0.4) is 0 Å². The van der Waals surface area contributed by atoms with Gasteiger partial charge >= 0.3 is 0 Å². The molecule has 5 rings (SSSR count). The minimum Gasteiger partial charge on any atom is -0.311 e. The number of pyridine rings is 1. The summed E-state index contributed by atoms with van der Waals surface area (Å²) in [6.07, 6.45) is 5.96. The molecule has 3 aromatic rings. The zero-order valence-corrected chi connectivity index (χ0v) is 20.2. The van der Waals surface area contributed by atoms with Crippen LogP contribution in [0.1, 0.15) is 36.1 Å². The van der Waals surface area contributed by atoms with E-state index in [1.807, 2.05) is 19.3 Å². The van der Waals surface area contributed by atoms with E-state index in [9.17, 15) is 20.1 Å². The molecule has 2 aromatic heterocycles. The van der Waals surface area contributed by atoms with Gasteiger partial charge in [-0.2, -0.15) is 15.6 Å². The standard InChI is InChI=1S/C27H25N7O2/c1-17-7-23(34-6-5-27(16-29,26(34)36)22-3-4-22)12-24(31-17)32-25(35)11-18-8-19(13-28)10-20(9-18)21-14-30-33(2)15-21/h7-10,12,14-15,22H,3-6,11H2,1-2H3,(H,31,32,35)/t27-/m1/s1. The lowest BCUT2D eigenvalue weighted by molar-refractivity contribution is -0.123. The molecule has 2 aliphatic rings. The molecule has 0 spiro atoms. The lowest BCUT2D eigenvalue weighted by Crippen LogP contribution is -2.35. The van der Waals surface area contributed by atoms with Gasteiger partial charge in [0.15, 0.2) is 0 Å². The van der Waals surface area contributed by atoms with Crippen LogP contribution in [0.4, 0.5) is 11.5 Å². The number of hydrogen-bond donors (Lipinski definition) is 1. The van der Waals surface area contributed by atoms with Crippen molar-refractivity contribution in [1.29, 1.82) is 10.5 Å². The summed E-state index contributed by atoms with van der Waals surface area (Å²) in [5.41, 5.74) is 3.17. The van der Waals surface area contributed by atoms with Gasteiger partial charge in [-0.25, -0.2) is 4.98 Å². The number of benzene rings is 1. The van der Waals surface area contributed by atoms with Gasteiger partial charge in [0.05, 0.1) is 30.3 Å².